The molecular formula is C18H27N5O. The second-order valence-electron chi connectivity index (χ2n) is 6.40. The number of benzene rings is 1. The first-order valence-corrected chi connectivity index (χ1v) is 8.75. The first-order valence-electron chi connectivity index (χ1n) is 8.75. The van der Waals surface area contributed by atoms with Crippen LogP contribution in [0.2, 0.25) is 0 Å². The average Bonchev–Trinajstić information content (AvgIpc) is 3.29. The van der Waals surface area contributed by atoms with Gasteiger partial charge in [-0.3, -0.25) is 9.80 Å². The van der Waals surface area contributed by atoms with E-state index in [1.54, 1.807) is 0 Å². The van der Waals surface area contributed by atoms with Crippen molar-refractivity contribution in [2.24, 2.45) is 5.73 Å². The summed E-state index contributed by atoms with van der Waals surface area (Å²) in [5, 5.41) is 4.03. The van der Waals surface area contributed by atoms with Gasteiger partial charge in [0, 0.05) is 25.2 Å². The van der Waals surface area contributed by atoms with E-state index < -0.39 is 0 Å². The van der Waals surface area contributed by atoms with Crippen LogP contribution >= 0.6 is 0 Å². The highest BCUT2D eigenvalue weighted by molar-refractivity contribution is 5.18. The van der Waals surface area contributed by atoms with Crippen molar-refractivity contribution in [2.75, 3.05) is 19.6 Å². The molecular weight excluding hydrogens is 302 g/mol. The van der Waals surface area contributed by atoms with Gasteiger partial charge in [-0.1, -0.05) is 42.4 Å². The molecule has 1 fully saturated rings. The number of likely N-dealkylation sites (N-methyl/N-ethyl adjacent to an activating group) is 1. The lowest BCUT2D eigenvalue weighted by Gasteiger charge is -2.28. The molecule has 2 heterocycles. The Bertz CT molecular complexity index is 629. The lowest BCUT2D eigenvalue weighted by molar-refractivity contribution is 0.175. The minimum Gasteiger partial charge on any atom is -0.338 e. The van der Waals surface area contributed by atoms with Gasteiger partial charge < -0.3 is 10.3 Å². The molecule has 2 N–H and O–H groups in total. The summed E-state index contributed by atoms with van der Waals surface area (Å²) in [6.07, 6.45) is 1.17. The van der Waals surface area contributed by atoms with E-state index in [4.69, 9.17) is 10.3 Å². The zero-order valence-corrected chi connectivity index (χ0v) is 14.6. The van der Waals surface area contributed by atoms with Gasteiger partial charge in [0.05, 0.1) is 13.1 Å². The maximum absolute atomic E-state index is 5.54. The monoisotopic (exact) mass is 329 g/mol. The average molecular weight is 329 g/mol. The maximum atomic E-state index is 5.54. The number of likely N-dealkylation sites (tertiary alicyclic amines) is 1. The van der Waals surface area contributed by atoms with Gasteiger partial charge in [-0.25, -0.2) is 0 Å². The van der Waals surface area contributed by atoms with Gasteiger partial charge in [-0.2, -0.15) is 4.98 Å². The number of nitrogens with zero attached hydrogens (tertiary/aromatic N) is 4. The highest BCUT2D eigenvalue weighted by Crippen LogP contribution is 2.27. The Morgan fingerprint density at radius 2 is 2.17 bits per heavy atom. The maximum Gasteiger partial charge on any atom is 0.240 e. The lowest BCUT2D eigenvalue weighted by atomic mass is 10.1. The predicted octanol–water partition coefficient (Wildman–Crippen LogP) is 2.19. The van der Waals surface area contributed by atoms with Crippen LogP contribution < -0.4 is 5.73 Å². The topological polar surface area (TPSA) is 71.4 Å². The number of nitrogens with two attached hydrogens (primary N) is 1. The third-order valence-corrected chi connectivity index (χ3v) is 4.98. The number of rotatable bonds is 7. The minimum absolute atomic E-state index is 0.297. The second-order valence-corrected chi connectivity index (χ2v) is 6.40. The van der Waals surface area contributed by atoms with Crippen molar-refractivity contribution < 1.29 is 4.52 Å². The number of aromatic nitrogens is 2. The molecule has 0 aliphatic carbocycles. The molecule has 3 rings (SSSR count). The van der Waals surface area contributed by atoms with Crippen molar-refractivity contribution in [3.8, 4) is 0 Å². The summed E-state index contributed by atoms with van der Waals surface area (Å²) in [7, 11) is 0. The van der Waals surface area contributed by atoms with Crippen molar-refractivity contribution in [3.05, 3.63) is 47.6 Å². The summed E-state index contributed by atoms with van der Waals surface area (Å²) in [4.78, 5) is 9.32. The fraction of sp³-hybridized carbons (Fsp3) is 0.556. The summed E-state index contributed by atoms with van der Waals surface area (Å²) < 4.78 is 5.12. The van der Waals surface area contributed by atoms with Gasteiger partial charge >= 0.3 is 0 Å². The minimum atomic E-state index is 0.297. The Kier molecular flexibility index (Phi) is 5.60. The molecule has 6 nitrogen and oxygen atoms in total. The quantitative estimate of drug-likeness (QED) is 0.839. The summed E-state index contributed by atoms with van der Waals surface area (Å²) >= 11 is 0. The molecule has 1 aromatic heterocycles. The van der Waals surface area contributed by atoms with E-state index in [2.05, 4.69) is 64.1 Å². The molecule has 2 aromatic rings. The van der Waals surface area contributed by atoms with Crippen LogP contribution in [0.4, 0.5) is 0 Å². The Morgan fingerprint density at radius 1 is 1.38 bits per heavy atom. The first-order chi connectivity index (χ1) is 11.7. The highest BCUT2D eigenvalue weighted by Gasteiger charge is 2.30. The molecule has 0 radical (unpaired) electrons. The fourth-order valence-electron chi connectivity index (χ4n) is 3.48. The zero-order chi connectivity index (χ0) is 16.9. The molecule has 2 atom stereocenters. The van der Waals surface area contributed by atoms with Gasteiger partial charge in [0.15, 0.2) is 5.82 Å². The predicted molar refractivity (Wildman–Crippen MR) is 93.1 cm³/mol. The molecule has 0 spiro atoms. The Morgan fingerprint density at radius 3 is 2.83 bits per heavy atom. The van der Waals surface area contributed by atoms with Crippen molar-refractivity contribution in [1.82, 2.24) is 19.9 Å². The van der Waals surface area contributed by atoms with E-state index in [1.165, 1.54) is 12.0 Å². The van der Waals surface area contributed by atoms with Crippen LogP contribution in [-0.4, -0.2) is 45.6 Å². The standard InChI is InChI=1S/C18H27N5O/c1-3-22(13-17-20-18(11-19)24-21-17)16-9-10-23(12-16)14(2)15-7-5-4-6-8-15/h4-8,14,16H,3,9-13,19H2,1-2H3. The normalized spacial score (nSPS) is 19.9. The fourth-order valence-corrected chi connectivity index (χ4v) is 3.48. The lowest BCUT2D eigenvalue weighted by Crippen LogP contribution is -2.37. The molecule has 2 unspecified atom stereocenters. The summed E-state index contributed by atoms with van der Waals surface area (Å²) in [6.45, 7) is 8.67. The van der Waals surface area contributed by atoms with E-state index in [1.807, 2.05) is 0 Å². The van der Waals surface area contributed by atoms with Gasteiger partial charge in [0.2, 0.25) is 5.89 Å². The van der Waals surface area contributed by atoms with E-state index in [-0.39, 0.29) is 0 Å². The Labute approximate surface area is 143 Å². The van der Waals surface area contributed by atoms with Crippen LogP contribution in [0.3, 0.4) is 0 Å². The second kappa shape index (κ2) is 7.88. The van der Waals surface area contributed by atoms with Crippen LogP contribution in [0.15, 0.2) is 34.9 Å². The van der Waals surface area contributed by atoms with E-state index in [0.717, 1.165) is 32.0 Å². The molecule has 0 amide bonds. The van der Waals surface area contributed by atoms with Crippen LogP contribution in [0, 0.1) is 0 Å². The Hall–Kier alpha value is -1.76. The third-order valence-electron chi connectivity index (χ3n) is 4.98. The molecule has 130 valence electrons. The molecule has 1 aromatic carbocycles. The van der Waals surface area contributed by atoms with Gasteiger partial charge in [-0.15, -0.1) is 0 Å². The van der Waals surface area contributed by atoms with E-state index >= 15 is 0 Å². The molecule has 1 aliphatic heterocycles. The van der Waals surface area contributed by atoms with Crippen molar-refractivity contribution >= 4 is 0 Å². The molecule has 6 heteroatoms. The van der Waals surface area contributed by atoms with Crippen LogP contribution in [0.1, 0.15) is 43.6 Å². The summed E-state index contributed by atoms with van der Waals surface area (Å²) in [5.41, 5.74) is 6.92. The van der Waals surface area contributed by atoms with Gasteiger partial charge in [0.1, 0.15) is 0 Å². The SMILES string of the molecule is CCN(Cc1noc(CN)n1)C1CCN(C(C)c2ccccc2)C1. The van der Waals surface area contributed by atoms with Crippen LogP contribution in [0.25, 0.3) is 0 Å². The van der Waals surface area contributed by atoms with E-state index in [0.29, 0.717) is 24.5 Å². The van der Waals surface area contributed by atoms with Crippen molar-refractivity contribution in [2.45, 2.75) is 45.4 Å². The molecule has 24 heavy (non-hydrogen) atoms. The highest BCUT2D eigenvalue weighted by atomic mass is 16.5. The van der Waals surface area contributed by atoms with Crippen LogP contribution in [0.5, 0.6) is 0 Å². The first kappa shape index (κ1) is 17.1. The zero-order valence-electron chi connectivity index (χ0n) is 14.6. The largest absolute Gasteiger partial charge is 0.338 e. The molecule has 0 bridgehead atoms. The molecule has 0 saturated carbocycles. The number of hydrogen-bond acceptors (Lipinski definition) is 6. The number of hydrogen-bond donors (Lipinski definition) is 1. The molecule has 1 aliphatic rings. The summed E-state index contributed by atoms with van der Waals surface area (Å²) in [5.74, 6) is 1.23. The van der Waals surface area contributed by atoms with Crippen molar-refractivity contribution in [1.29, 1.82) is 0 Å². The third kappa shape index (κ3) is 3.83. The van der Waals surface area contributed by atoms with Gasteiger partial charge in [-0.05, 0) is 25.5 Å². The van der Waals surface area contributed by atoms with Gasteiger partial charge in [0.25, 0.3) is 0 Å². The summed E-state index contributed by atoms with van der Waals surface area (Å²) in [6, 6.07) is 11.7. The van der Waals surface area contributed by atoms with Crippen LogP contribution in [-0.2, 0) is 13.1 Å². The Balaban J connectivity index is 1.60. The molecule has 1 saturated heterocycles. The van der Waals surface area contributed by atoms with Crippen molar-refractivity contribution in [3.63, 3.8) is 0 Å². The van der Waals surface area contributed by atoms with E-state index in [9.17, 15) is 0 Å². The smallest absolute Gasteiger partial charge is 0.240 e.